The second-order valence-electron chi connectivity index (χ2n) is 11.6. The van der Waals surface area contributed by atoms with E-state index in [9.17, 15) is 22.0 Å². The van der Waals surface area contributed by atoms with Crippen LogP contribution in [0.15, 0.2) is 65.7 Å². The van der Waals surface area contributed by atoms with Crippen LogP contribution in [0.3, 0.4) is 0 Å². The number of anilines is 1. The number of aliphatic imine (C=N–C) groups is 1. The lowest BCUT2D eigenvalue weighted by Gasteiger charge is -2.20. The molecule has 0 saturated heterocycles. The minimum atomic E-state index is -4.73. The molecule has 9 heteroatoms. The minimum absolute atomic E-state index is 0.0574. The van der Waals surface area contributed by atoms with E-state index >= 15 is 0 Å². The van der Waals surface area contributed by atoms with Crippen LogP contribution in [0.1, 0.15) is 78.3 Å². The third kappa shape index (κ3) is 8.92. The zero-order valence-corrected chi connectivity index (χ0v) is 27.8. The highest BCUT2D eigenvalue weighted by Gasteiger charge is 2.34. The number of nitrogens with zero attached hydrogens (tertiary/aromatic N) is 2. The van der Waals surface area contributed by atoms with Crippen molar-refractivity contribution < 1.29 is 26.7 Å². The number of benzene rings is 3. The first-order valence-electron chi connectivity index (χ1n) is 15.0. The fourth-order valence-corrected chi connectivity index (χ4v) is 5.16. The van der Waals surface area contributed by atoms with E-state index in [0.29, 0.717) is 36.0 Å². The van der Waals surface area contributed by atoms with Crippen molar-refractivity contribution in [1.82, 2.24) is 4.98 Å². The number of methoxy groups -OCH3 is 1. The third-order valence-electron chi connectivity index (χ3n) is 7.97. The van der Waals surface area contributed by atoms with Crippen LogP contribution in [-0.2, 0) is 18.6 Å². The number of ether oxygens (including phenoxy) is 1. The number of halogens is 5. The Morgan fingerprint density at radius 1 is 0.848 bits per heavy atom. The summed E-state index contributed by atoms with van der Waals surface area (Å²) >= 11 is 0. The molecule has 4 rings (SSSR count). The molecule has 1 aromatic heterocycles. The monoisotopic (exact) mass is 639 g/mol. The number of hydrogen-bond donors (Lipinski definition) is 1. The van der Waals surface area contributed by atoms with E-state index < -0.39 is 23.2 Å². The van der Waals surface area contributed by atoms with Gasteiger partial charge in [0.15, 0.2) is 0 Å². The summed E-state index contributed by atoms with van der Waals surface area (Å²) in [5.74, 6) is -2.18. The van der Waals surface area contributed by atoms with Gasteiger partial charge in [0.05, 0.1) is 36.3 Å². The summed E-state index contributed by atoms with van der Waals surface area (Å²) in [5.41, 5.74) is 8.25. The fraction of sp³-hybridized carbons (Fsp3) is 0.351. The first-order chi connectivity index (χ1) is 21.5. The Bertz CT molecular complexity index is 1640. The summed E-state index contributed by atoms with van der Waals surface area (Å²) in [5, 5.41) is 2.77. The Balaban J connectivity index is 0.000000304. The van der Waals surface area contributed by atoms with Crippen LogP contribution >= 0.6 is 0 Å². The summed E-state index contributed by atoms with van der Waals surface area (Å²) in [7, 11) is 1.56. The third-order valence-corrected chi connectivity index (χ3v) is 7.97. The first-order valence-corrected chi connectivity index (χ1v) is 15.0. The number of nitrogens with one attached hydrogen (secondary N) is 1. The van der Waals surface area contributed by atoms with Gasteiger partial charge in [0.2, 0.25) is 0 Å². The van der Waals surface area contributed by atoms with Gasteiger partial charge >= 0.3 is 6.18 Å². The van der Waals surface area contributed by atoms with Crippen LogP contribution in [0, 0.1) is 27.7 Å². The molecule has 0 saturated carbocycles. The van der Waals surface area contributed by atoms with Gasteiger partial charge in [-0.1, -0.05) is 19.9 Å². The molecule has 0 fully saturated rings. The van der Waals surface area contributed by atoms with Crippen LogP contribution in [0.5, 0.6) is 5.75 Å². The quantitative estimate of drug-likeness (QED) is 0.154. The Morgan fingerprint density at radius 2 is 1.46 bits per heavy atom. The molecule has 1 heterocycles. The molecule has 0 bridgehead atoms. The van der Waals surface area contributed by atoms with E-state index in [0.717, 1.165) is 17.7 Å². The predicted molar refractivity (Wildman–Crippen MR) is 178 cm³/mol. The van der Waals surface area contributed by atoms with Gasteiger partial charge in [-0.3, -0.25) is 9.98 Å². The predicted octanol–water partition coefficient (Wildman–Crippen LogP) is 11.3. The highest BCUT2D eigenvalue weighted by atomic mass is 19.4. The van der Waals surface area contributed by atoms with Crippen molar-refractivity contribution in [3.63, 3.8) is 0 Å². The van der Waals surface area contributed by atoms with Crippen molar-refractivity contribution in [2.45, 2.75) is 80.0 Å². The molecule has 0 aliphatic heterocycles. The molecule has 0 spiro atoms. The summed E-state index contributed by atoms with van der Waals surface area (Å²) in [6.45, 7) is 15.9. The average Bonchev–Trinajstić information content (AvgIpc) is 3.01. The van der Waals surface area contributed by atoms with E-state index in [2.05, 4.69) is 56.8 Å². The molecule has 4 aromatic rings. The molecule has 1 N–H and O–H groups in total. The Hall–Kier alpha value is -4.27. The molecule has 0 aliphatic rings. The van der Waals surface area contributed by atoms with E-state index in [4.69, 9.17) is 4.74 Å². The van der Waals surface area contributed by atoms with Crippen molar-refractivity contribution in [2.24, 2.45) is 4.99 Å². The summed E-state index contributed by atoms with van der Waals surface area (Å²) in [6.07, 6.45) is -2.84. The number of pyridine rings is 1. The summed E-state index contributed by atoms with van der Waals surface area (Å²) in [6, 6.07) is 14.8. The summed E-state index contributed by atoms with van der Waals surface area (Å²) < 4.78 is 71.7. The number of hydrogen-bond acceptors (Lipinski definition) is 4. The molecule has 0 aliphatic carbocycles. The van der Waals surface area contributed by atoms with Crippen LogP contribution in [-0.4, -0.2) is 18.3 Å². The maximum absolute atomic E-state index is 13.6. The number of alkyl halides is 5. The molecule has 0 unspecified atom stereocenters. The highest BCUT2D eigenvalue weighted by molar-refractivity contribution is 5.69. The van der Waals surface area contributed by atoms with Crippen molar-refractivity contribution in [3.8, 4) is 17.0 Å². The SMILES string of the molecule is CC=Nc1c(C)c(C)c(C)c(C)c1C(C)C.COc1ccc(-c2cccc(CNc3cc(C(C)(F)F)cc(C(F)(F)F)c3)n2)cc1. The first kappa shape index (κ1) is 36.2. The van der Waals surface area contributed by atoms with Crippen molar-refractivity contribution >= 4 is 17.6 Å². The van der Waals surface area contributed by atoms with Crippen molar-refractivity contribution in [3.05, 3.63) is 105 Å². The second-order valence-corrected chi connectivity index (χ2v) is 11.6. The lowest BCUT2D eigenvalue weighted by Crippen LogP contribution is -2.13. The number of rotatable bonds is 8. The van der Waals surface area contributed by atoms with Gasteiger partial charge < -0.3 is 10.1 Å². The Morgan fingerprint density at radius 3 is 2.00 bits per heavy atom. The minimum Gasteiger partial charge on any atom is -0.497 e. The maximum Gasteiger partial charge on any atom is 0.416 e. The van der Waals surface area contributed by atoms with Gasteiger partial charge in [-0.05, 0) is 123 Å². The molecule has 0 radical (unpaired) electrons. The van der Waals surface area contributed by atoms with Crippen LogP contribution in [0.25, 0.3) is 11.3 Å². The van der Waals surface area contributed by atoms with E-state index in [1.165, 1.54) is 33.5 Å². The van der Waals surface area contributed by atoms with E-state index in [1.807, 2.05) is 25.3 Å². The lowest BCUT2D eigenvalue weighted by atomic mass is 9.87. The molecular formula is C37H42F5N3O. The Kier molecular flexibility index (Phi) is 11.7. The van der Waals surface area contributed by atoms with Crippen LogP contribution in [0.2, 0.25) is 0 Å². The molecule has 0 amide bonds. The molecular weight excluding hydrogens is 597 g/mol. The topological polar surface area (TPSA) is 46.5 Å². The number of aromatic nitrogens is 1. The Labute approximate surface area is 268 Å². The molecule has 46 heavy (non-hydrogen) atoms. The highest BCUT2D eigenvalue weighted by Crippen LogP contribution is 2.38. The molecule has 0 atom stereocenters. The van der Waals surface area contributed by atoms with Crippen molar-refractivity contribution in [1.29, 1.82) is 0 Å². The van der Waals surface area contributed by atoms with E-state index in [-0.39, 0.29) is 12.2 Å². The van der Waals surface area contributed by atoms with Gasteiger partial charge in [-0.25, -0.2) is 8.78 Å². The zero-order valence-electron chi connectivity index (χ0n) is 27.8. The van der Waals surface area contributed by atoms with Gasteiger partial charge in [0.1, 0.15) is 5.75 Å². The fourth-order valence-electron chi connectivity index (χ4n) is 5.16. The van der Waals surface area contributed by atoms with Gasteiger partial charge in [0, 0.05) is 30.0 Å². The lowest BCUT2D eigenvalue weighted by molar-refractivity contribution is -0.137. The van der Waals surface area contributed by atoms with Crippen LogP contribution in [0.4, 0.5) is 33.3 Å². The second kappa shape index (κ2) is 14.9. The van der Waals surface area contributed by atoms with Gasteiger partial charge in [0.25, 0.3) is 5.92 Å². The normalized spacial score (nSPS) is 11.9. The van der Waals surface area contributed by atoms with Gasteiger partial charge in [-0.15, -0.1) is 0 Å². The maximum atomic E-state index is 13.6. The molecule has 246 valence electrons. The summed E-state index contributed by atoms with van der Waals surface area (Å²) in [4.78, 5) is 9.05. The molecule has 3 aromatic carbocycles. The standard InChI is InChI=1S/C22H19F5N2O.C15H23N/c1-21(23,24)15-10-16(22(25,26)27)12-18(11-15)28-13-17-4-3-5-20(29-17)14-6-8-19(30-2)9-7-14;1-8-16-15-13(7)11(5)10(4)12(6)14(15)9(2)3/h3-12,28H,13H2,1-2H3;8-9H,1-7H3. The van der Waals surface area contributed by atoms with Crippen molar-refractivity contribution in [2.75, 3.05) is 12.4 Å². The zero-order chi connectivity index (χ0) is 34.4. The largest absolute Gasteiger partial charge is 0.497 e. The smallest absolute Gasteiger partial charge is 0.416 e. The van der Waals surface area contributed by atoms with E-state index in [1.54, 1.807) is 37.4 Å². The van der Waals surface area contributed by atoms with Crippen LogP contribution < -0.4 is 10.1 Å². The average molecular weight is 640 g/mol. The van der Waals surface area contributed by atoms with Gasteiger partial charge in [-0.2, -0.15) is 13.2 Å². The molecule has 4 nitrogen and oxygen atoms in total.